The van der Waals surface area contributed by atoms with Crippen molar-refractivity contribution in [2.24, 2.45) is 5.92 Å². The number of methoxy groups -OCH3 is 1. The number of hydrogen-bond acceptors (Lipinski definition) is 3. The molecule has 118 valence electrons. The smallest absolute Gasteiger partial charge is 0.123 e. The molecule has 1 aliphatic heterocycles. The Balaban J connectivity index is 2.06. The Hall–Kier alpha value is -1.06. The van der Waals surface area contributed by atoms with E-state index in [1.807, 2.05) is 0 Å². The molecule has 1 atom stereocenters. The summed E-state index contributed by atoms with van der Waals surface area (Å²) in [5.41, 5.74) is 2.60. The summed E-state index contributed by atoms with van der Waals surface area (Å²) in [5.74, 6) is 1.78. The highest BCUT2D eigenvalue weighted by atomic mass is 16.5. The molecule has 1 fully saturated rings. The SMILES string of the molecule is COc1ccc(C)cc1CN(CC1CCCNC1)C(C)C. The normalized spacial score (nSPS) is 19.2. The molecule has 3 heteroatoms. The number of nitrogens with zero attached hydrogens (tertiary/aromatic N) is 1. The fourth-order valence-corrected chi connectivity index (χ4v) is 3.12. The first-order valence-electron chi connectivity index (χ1n) is 8.18. The summed E-state index contributed by atoms with van der Waals surface area (Å²) in [6, 6.07) is 7.02. The van der Waals surface area contributed by atoms with Crippen molar-refractivity contribution < 1.29 is 4.74 Å². The van der Waals surface area contributed by atoms with Gasteiger partial charge in [-0.1, -0.05) is 17.7 Å². The van der Waals surface area contributed by atoms with Crippen molar-refractivity contribution in [3.63, 3.8) is 0 Å². The zero-order valence-corrected chi connectivity index (χ0v) is 14.0. The molecule has 2 rings (SSSR count). The van der Waals surface area contributed by atoms with Crippen molar-refractivity contribution >= 4 is 0 Å². The van der Waals surface area contributed by atoms with E-state index < -0.39 is 0 Å². The van der Waals surface area contributed by atoms with Crippen LogP contribution >= 0.6 is 0 Å². The van der Waals surface area contributed by atoms with E-state index in [-0.39, 0.29) is 0 Å². The molecule has 1 saturated heterocycles. The molecule has 1 aromatic rings. The number of ether oxygens (including phenoxy) is 1. The first kappa shape index (κ1) is 16.3. The minimum Gasteiger partial charge on any atom is -0.496 e. The van der Waals surface area contributed by atoms with Crippen LogP contribution < -0.4 is 10.1 Å². The van der Waals surface area contributed by atoms with Gasteiger partial charge in [0.2, 0.25) is 0 Å². The molecule has 0 aromatic heterocycles. The molecule has 1 heterocycles. The van der Waals surface area contributed by atoms with Crippen molar-refractivity contribution in [3.05, 3.63) is 29.3 Å². The van der Waals surface area contributed by atoms with E-state index in [4.69, 9.17) is 4.74 Å². The largest absolute Gasteiger partial charge is 0.496 e. The fraction of sp³-hybridized carbons (Fsp3) is 0.667. The molecular formula is C18H30N2O. The van der Waals surface area contributed by atoms with Crippen molar-refractivity contribution in [2.75, 3.05) is 26.7 Å². The Morgan fingerprint density at radius 3 is 2.81 bits per heavy atom. The molecule has 0 bridgehead atoms. The third-order valence-electron chi connectivity index (χ3n) is 4.43. The summed E-state index contributed by atoms with van der Waals surface area (Å²) in [4.78, 5) is 2.58. The molecule has 21 heavy (non-hydrogen) atoms. The number of benzene rings is 1. The van der Waals surface area contributed by atoms with E-state index in [0.717, 1.165) is 24.8 Å². The Morgan fingerprint density at radius 2 is 2.19 bits per heavy atom. The maximum absolute atomic E-state index is 5.53. The van der Waals surface area contributed by atoms with Crippen molar-refractivity contribution in [1.29, 1.82) is 0 Å². The molecule has 0 spiro atoms. The summed E-state index contributed by atoms with van der Waals surface area (Å²) in [6.45, 7) is 11.2. The van der Waals surface area contributed by atoms with Gasteiger partial charge in [-0.05, 0) is 58.7 Å². The van der Waals surface area contributed by atoms with E-state index >= 15 is 0 Å². The van der Waals surface area contributed by atoms with E-state index in [2.05, 4.69) is 49.2 Å². The second-order valence-corrected chi connectivity index (χ2v) is 6.55. The highest BCUT2D eigenvalue weighted by Gasteiger charge is 2.20. The third-order valence-corrected chi connectivity index (χ3v) is 4.43. The summed E-state index contributed by atoms with van der Waals surface area (Å²) in [6.07, 6.45) is 2.66. The second kappa shape index (κ2) is 7.81. The Bertz CT molecular complexity index is 439. The van der Waals surface area contributed by atoms with Crippen LogP contribution in [0.25, 0.3) is 0 Å². The van der Waals surface area contributed by atoms with Gasteiger partial charge in [0.1, 0.15) is 5.75 Å². The minimum atomic E-state index is 0.553. The molecule has 0 amide bonds. The van der Waals surface area contributed by atoms with Crippen molar-refractivity contribution in [1.82, 2.24) is 10.2 Å². The maximum Gasteiger partial charge on any atom is 0.123 e. The van der Waals surface area contributed by atoms with Gasteiger partial charge in [-0.25, -0.2) is 0 Å². The average Bonchev–Trinajstić information content (AvgIpc) is 2.48. The molecule has 0 aliphatic carbocycles. The van der Waals surface area contributed by atoms with Crippen LogP contribution in [0.1, 0.15) is 37.8 Å². The van der Waals surface area contributed by atoms with Crippen LogP contribution in [-0.2, 0) is 6.54 Å². The van der Waals surface area contributed by atoms with Crippen LogP contribution in [0.4, 0.5) is 0 Å². The molecular weight excluding hydrogens is 260 g/mol. The molecule has 1 aromatic carbocycles. The summed E-state index contributed by atoms with van der Waals surface area (Å²) >= 11 is 0. The monoisotopic (exact) mass is 290 g/mol. The average molecular weight is 290 g/mol. The first-order valence-corrected chi connectivity index (χ1v) is 8.18. The minimum absolute atomic E-state index is 0.553. The van der Waals surface area contributed by atoms with Crippen LogP contribution in [0.2, 0.25) is 0 Å². The number of nitrogens with one attached hydrogen (secondary N) is 1. The number of rotatable bonds is 6. The van der Waals surface area contributed by atoms with Gasteiger partial charge in [0.15, 0.2) is 0 Å². The van der Waals surface area contributed by atoms with Crippen LogP contribution in [-0.4, -0.2) is 37.7 Å². The third kappa shape index (κ3) is 4.72. The molecule has 1 unspecified atom stereocenters. The van der Waals surface area contributed by atoms with Crippen LogP contribution in [0, 0.1) is 12.8 Å². The lowest BCUT2D eigenvalue weighted by molar-refractivity contribution is 0.162. The Kier molecular flexibility index (Phi) is 6.07. The van der Waals surface area contributed by atoms with Gasteiger partial charge >= 0.3 is 0 Å². The maximum atomic E-state index is 5.53. The molecule has 3 nitrogen and oxygen atoms in total. The fourth-order valence-electron chi connectivity index (χ4n) is 3.12. The number of hydrogen-bond donors (Lipinski definition) is 1. The number of aryl methyl sites for hydroxylation is 1. The molecule has 1 aliphatic rings. The summed E-state index contributed by atoms with van der Waals surface area (Å²) in [5, 5.41) is 3.52. The lowest BCUT2D eigenvalue weighted by atomic mass is 9.98. The van der Waals surface area contributed by atoms with Gasteiger partial charge in [-0.2, -0.15) is 0 Å². The van der Waals surface area contributed by atoms with Crippen molar-refractivity contribution in [2.45, 2.75) is 46.2 Å². The summed E-state index contributed by atoms with van der Waals surface area (Å²) < 4.78 is 5.53. The molecule has 1 N–H and O–H groups in total. The number of piperidine rings is 1. The lowest BCUT2D eigenvalue weighted by Gasteiger charge is -2.33. The van der Waals surface area contributed by atoms with Crippen LogP contribution in [0.15, 0.2) is 18.2 Å². The molecule has 0 radical (unpaired) electrons. The zero-order valence-electron chi connectivity index (χ0n) is 14.0. The highest BCUT2D eigenvalue weighted by Crippen LogP contribution is 2.23. The van der Waals surface area contributed by atoms with Gasteiger partial charge in [-0.15, -0.1) is 0 Å². The Morgan fingerprint density at radius 1 is 1.38 bits per heavy atom. The summed E-state index contributed by atoms with van der Waals surface area (Å²) in [7, 11) is 1.76. The Labute approximate surface area is 129 Å². The standard InChI is InChI=1S/C18H30N2O/c1-14(2)20(12-16-6-5-9-19-11-16)13-17-10-15(3)7-8-18(17)21-4/h7-8,10,14,16,19H,5-6,9,11-13H2,1-4H3. The first-order chi connectivity index (χ1) is 10.1. The highest BCUT2D eigenvalue weighted by molar-refractivity contribution is 5.36. The second-order valence-electron chi connectivity index (χ2n) is 6.55. The van der Waals surface area contributed by atoms with Crippen LogP contribution in [0.3, 0.4) is 0 Å². The van der Waals surface area contributed by atoms with Crippen molar-refractivity contribution in [3.8, 4) is 5.75 Å². The molecule has 0 saturated carbocycles. The van der Waals surface area contributed by atoms with E-state index in [0.29, 0.717) is 6.04 Å². The quantitative estimate of drug-likeness (QED) is 0.870. The lowest BCUT2D eigenvalue weighted by Crippen LogP contribution is -2.40. The predicted molar refractivity (Wildman–Crippen MR) is 88.9 cm³/mol. The van der Waals surface area contributed by atoms with Gasteiger partial charge in [0.05, 0.1) is 7.11 Å². The van der Waals surface area contributed by atoms with Gasteiger partial charge in [0.25, 0.3) is 0 Å². The van der Waals surface area contributed by atoms with Gasteiger partial charge in [-0.3, -0.25) is 4.90 Å². The predicted octanol–water partition coefficient (Wildman–Crippen LogP) is 3.21. The van der Waals surface area contributed by atoms with Crippen LogP contribution in [0.5, 0.6) is 5.75 Å². The zero-order chi connectivity index (χ0) is 15.2. The van der Waals surface area contributed by atoms with E-state index in [1.54, 1.807) is 7.11 Å². The van der Waals surface area contributed by atoms with Gasteiger partial charge < -0.3 is 10.1 Å². The van der Waals surface area contributed by atoms with E-state index in [9.17, 15) is 0 Å². The van der Waals surface area contributed by atoms with Gasteiger partial charge in [0, 0.05) is 24.7 Å². The van der Waals surface area contributed by atoms with E-state index in [1.165, 1.54) is 37.1 Å². The topological polar surface area (TPSA) is 24.5 Å².